The number of halogens is 1. The molecule has 0 fully saturated rings. The van der Waals surface area contributed by atoms with Crippen LogP contribution >= 0.6 is 38.6 Å². The highest BCUT2D eigenvalue weighted by molar-refractivity contribution is 9.10. The number of hydrogen-bond acceptors (Lipinski definition) is 4. The Kier molecular flexibility index (Phi) is 3.93. The Labute approximate surface area is 138 Å². The Morgan fingerprint density at radius 2 is 2.05 bits per heavy atom. The van der Waals surface area contributed by atoms with E-state index >= 15 is 0 Å². The van der Waals surface area contributed by atoms with Crippen molar-refractivity contribution in [2.75, 3.05) is 0 Å². The van der Waals surface area contributed by atoms with Gasteiger partial charge in [0.05, 0.1) is 16.1 Å². The van der Waals surface area contributed by atoms with Crippen LogP contribution in [0.3, 0.4) is 0 Å². The van der Waals surface area contributed by atoms with Crippen LogP contribution in [-0.2, 0) is 0 Å². The molecule has 0 spiro atoms. The van der Waals surface area contributed by atoms with Crippen LogP contribution in [0.15, 0.2) is 39.5 Å². The number of carbonyl (C=O) groups is 1. The number of thiophene rings is 1. The second-order valence-electron chi connectivity index (χ2n) is 4.50. The first-order valence-electron chi connectivity index (χ1n) is 6.09. The molecule has 2 aromatic heterocycles. The van der Waals surface area contributed by atoms with Crippen molar-refractivity contribution in [3.63, 3.8) is 0 Å². The van der Waals surface area contributed by atoms with Gasteiger partial charge in [-0.05, 0) is 30.7 Å². The predicted octanol–water partition coefficient (Wildman–Crippen LogP) is 5.31. The molecule has 0 saturated heterocycles. The van der Waals surface area contributed by atoms with Crippen LogP contribution in [0.4, 0.5) is 0 Å². The lowest BCUT2D eigenvalue weighted by Gasteiger charge is -2.02. The van der Waals surface area contributed by atoms with Crippen molar-refractivity contribution in [3.05, 3.63) is 50.6 Å². The lowest BCUT2D eigenvalue weighted by Crippen LogP contribution is -1.91. The highest BCUT2D eigenvalue weighted by Crippen LogP contribution is 2.34. The molecular weight excluding hydrogens is 370 g/mol. The molecule has 1 aromatic carbocycles. The third kappa shape index (κ3) is 2.92. The number of carboxylic acid groups (broad SMARTS) is 1. The maximum absolute atomic E-state index is 10.9. The van der Waals surface area contributed by atoms with Crippen molar-refractivity contribution in [1.82, 2.24) is 4.98 Å². The zero-order chi connectivity index (χ0) is 15.0. The van der Waals surface area contributed by atoms with Crippen LogP contribution in [0, 0.1) is 6.92 Å². The summed E-state index contributed by atoms with van der Waals surface area (Å²) in [5.41, 5.74) is 3.39. The number of aryl methyl sites for hydroxylation is 1. The number of aromatic nitrogens is 1. The molecule has 0 aliphatic heterocycles. The molecule has 106 valence electrons. The fourth-order valence-corrected chi connectivity index (χ4v) is 4.26. The highest BCUT2D eigenvalue weighted by Gasteiger charge is 2.12. The Hall–Kier alpha value is -1.50. The summed E-state index contributed by atoms with van der Waals surface area (Å²) in [5, 5.41) is 13.5. The molecule has 0 saturated carbocycles. The SMILES string of the molecule is Cc1cc(Br)ccc1-c1nc(-c2cc(C(=O)O)cs2)cs1. The minimum absolute atomic E-state index is 0.310. The topological polar surface area (TPSA) is 50.2 Å². The van der Waals surface area contributed by atoms with Gasteiger partial charge in [0.2, 0.25) is 0 Å². The van der Waals surface area contributed by atoms with E-state index in [-0.39, 0.29) is 0 Å². The summed E-state index contributed by atoms with van der Waals surface area (Å²) in [4.78, 5) is 16.4. The molecular formula is C15H10BrNO2S2. The third-order valence-corrected chi connectivity index (χ3v) is 5.34. The summed E-state index contributed by atoms with van der Waals surface area (Å²) in [6, 6.07) is 7.76. The maximum atomic E-state index is 10.9. The third-order valence-electron chi connectivity index (χ3n) is 3.02. The molecule has 0 aliphatic carbocycles. The first kappa shape index (κ1) is 14.4. The Balaban J connectivity index is 1.97. The van der Waals surface area contributed by atoms with Crippen LogP contribution in [0.1, 0.15) is 15.9 Å². The van der Waals surface area contributed by atoms with E-state index in [9.17, 15) is 4.79 Å². The summed E-state index contributed by atoms with van der Waals surface area (Å²) < 4.78 is 1.05. The first-order valence-corrected chi connectivity index (χ1v) is 8.64. The number of carboxylic acids is 1. The van der Waals surface area contributed by atoms with Gasteiger partial charge >= 0.3 is 5.97 Å². The minimum atomic E-state index is -0.906. The number of nitrogens with zero attached hydrogens (tertiary/aromatic N) is 1. The van der Waals surface area contributed by atoms with Crippen LogP contribution in [-0.4, -0.2) is 16.1 Å². The molecule has 3 nitrogen and oxygen atoms in total. The van der Waals surface area contributed by atoms with Crippen molar-refractivity contribution >= 4 is 44.6 Å². The maximum Gasteiger partial charge on any atom is 0.336 e. The van der Waals surface area contributed by atoms with Crippen molar-refractivity contribution in [2.24, 2.45) is 0 Å². The van der Waals surface area contributed by atoms with E-state index in [0.717, 1.165) is 31.2 Å². The van der Waals surface area contributed by atoms with Crippen molar-refractivity contribution in [1.29, 1.82) is 0 Å². The van der Waals surface area contributed by atoms with E-state index in [1.54, 1.807) is 22.8 Å². The quantitative estimate of drug-likeness (QED) is 0.670. The standard InChI is InChI=1S/C15H10BrNO2S2/c1-8-4-10(16)2-3-11(8)14-17-12(7-21-14)13-5-9(6-20-13)15(18)19/h2-7H,1H3,(H,18,19). The molecule has 3 rings (SSSR count). The van der Waals surface area contributed by atoms with Gasteiger partial charge in [0.15, 0.2) is 0 Å². The second-order valence-corrected chi connectivity index (χ2v) is 7.19. The zero-order valence-electron chi connectivity index (χ0n) is 11.0. The first-order chi connectivity index (χ1) is 10.0. The van der Waals surface area contributed by atoms with Crippen molar-refractivity contribution in [3.8, 4) is 21.1 Å². The van der Waals surface area contributed by atoms with E-state index in [1.165, 1.54) is 11.3 Å². The molecule has 2 heterocycles. The summed E-state index contributed by atoms with van der Waals surface area (Å²) in [6.07, 6.45) is 0. The summed E-state index contributed by atoms with van der Waals surface area (Å²) in [6.45, 7) is 2.05. The second kappa shape index (κ2) is 5.71. The van der Waals surface area contributed by atoms with Crippen LogP contribution in [0.5, 0.6) is 0 Å². The molecule has 0 atom stereocenters. The number of rotatable bonds is 3. The van der Waals surface area contributed by atoms with Crippen molar-refractivity contribution < 1.29 is 9.90 Å². The highest BCUT2D eigenvalue weighted by atomic mass is 79.9. The number of aromatic carboxylic acids is 1. The molecule has 0 bridgehead atoms. The van der Waals surface area contributed by atoms with Gasteiger partial charge in [0.1, 0.15) is 5.01 Å². The van der Waals surface area contributed by atoms with E-state index in [0.29, 0.717) is 5.56 Å². The molecule has 6 heteroatoms. The van der Waals surface area contributed by atoms with Crippen LogP contribution in [0.2, 0.25) is 0 Å². The molecule has 0 radical (unpaired) electrons. The normalized spacial score (nSPS) is 10.8. The minimum Gasteiger partial charge on any atom is -0.478 e. The summed E-state index contributed by atoms with van der Waals surface area (Å²) in [7, 11) is 0. The molecule has 0 aliphatic rings. The summed E-state index contributed by atoms with van der Waals surface area (Å²) in [5.74, 6) is -0.906. The van der Waals surface area contributed by atoms with Gasteiger partial charge in [-0.25, -0.2) is 9.78 Å². The fourth-order valence-electron chi connectivity index (χ4n) is 1.96. The number of benzene rings is 1. The largest absolute Gasteiger partial charge is 0.478 e. The lowest BCUT2D eigenvalue weighted by molar-refractivity contribution is 0.0697. The average Bonchev–Trinajstić information content (AvgIpc) is 3.07. The number of hydrogen-bond donors (Lipinski definition) is 1. The van der Waals surface area contributed by atoms with Gasteiger partial charge in [0.25, 0.3) is 0 Å². The van der Waals surface area contributed by atoms with E-state index in [2.05, 4.69) is 33.9 Å². The number of thiazole rings is 1. The van der Waals surface area contributed by atoms with E-state index in [4.69, 9.17) is 5.11 Å². The van der Waals surface area contributed by atoms with E-state index in [1.807, 2.05) is 17.5 Å². The molecule has 1 N–H and O–H groups in total. The van der Waals surface area contributed by atoms with Gasteiger partial charge in [0, 0.05) is 20.8 Å². The van der Waals surface area contributed by atoms with Crippen LogP contribution in [0.25, 0.3) is 21.1 Å². The zero-order valence-corrected chi connectivity index (χ0v) is 14.2. The monoisotopic (exact) mass is 379 g/mol. The Morgan fingerprint density at radius 1 is 1.24 bits per heavy atom. The van der Waals surface area contributed by atoms with E-state index < -0.39 is 5.97 Å². The Morgan fingerprint density at radius 3 is 2.71 bits per heavy atom. The van der Waals surface area contributed by atoms with Gasteiger partial charge in [-0.3, -0.25) is 0 Å². The van der Waals surface area contributed by atoms with Gasteiger partial charge in [-0.15, -0.1) is 22.7 Å². The molecule has 21 heavy (non-hydrogen) atoms. The molecule has 0 amide bonds. The lowest BCUT2D eigenvalue weighted by atomic mass is 10.1. The smallest absolute Gasteiger partial charge is 0.336 e. The predicted molar refractivity (Wildman–Crippen MR) is 90.3 cm³/mol. The van der Waals surface area contributed by atoms with Gasteiger partial charge < -0.3 is 5.11 Å². The fraction of sp³-hybridized carbons (Fsp3) is 0.0667. The summed E-state index contributed by atoms with van der Waals surface area (Å²) >= 11 is 6.43. The van der Waals surface area contributed by atoms with Crippen molar-refractivity contribution in [2.45, 2.75) is 6.92 Å². The molecule has 3 aromatic rings. The average molecular weight is 380 g/mol. The Bertz CT molecular complexity index is 823. The molecule has 0 unspecified atom stereocenters. The van der Waals surface area contributed by atoms with Gasteiger partial charge in [-0.1, -0.05) is 22.0 Å². The van der Waals surface area contributed by atoms with Crippen LogP contribution < -0.4 is 0 Å². The van der Waals surface area contributed by atoms with Gasteiger partial charge in [-0.2, -0.15) is 0 Å².